The molecular weight excluding hydrogens is 202 g/mol. The van der Waals surface area contributed by atoms with Crippen molar-refractivity contribution in [3.05, 3.63) is 0 Å². The molecule has 0 aromatic rings. The first kappa shape index (κ1) is 13.4. The molecule has 15 heavy (non-hydrogen) atoms. The molecule has 0 spiro atoms. The maximum Gasteiger partial charge on any atom is 0.303 e. The number of carbonyl (C=O) groups is 3. The highest BCUT2D eigenvalue weighted by atomic mass is 16.4. The van der Waals surface area contributed by atoms with Crippen molar-refractivity contribution in [2.24, 2.45) is 11.7 Å². The zero-order chi connectivity index (χ0) is 11.8. The molecule has 0 aliphatic rings. The van der Waals surface area contributed by atoms with Gasteiger partial charge in [-0.15, -0.1) is 0 Å². The summed E-state index contributed by atoms with van der Waals surface area (Å²) in [7, 11) is 0. The van der Waals surface area contributed by atoms with Crippen LogP contribution in [0.3, 0.4) is 0 Å². The van der Waals surface area contributed by atoms with Gasteiger partial charge in [-0.1, -0.05) is 0 Å². The fraction of sp³-hybridized carbons (Fsp3) is 0.667. The Balaban J connectivity index is 3.88. The molecule has 0 fully saturated rings. The second kappa shape index (κ2) is 6.80. The molecule has 86 valence electrons. The van der Waals surface area contributed by atoms with E-state index in [0.29, 0.717) is 12.8 Å². The molecule has 6 heteroatoms. The fourth-order valence-corrected chi connectivity index (χ4v) is 1.23. The number of carboxylic acids is 2. The van der Waals surface area contributed by atoms with Crippen LogP contribution in [0, 0.1) is 5.92 Å². The Morgan fingerprint density at radius 2 is 1.53 bits per heavy atom. The Morgan fingerprint density at radius 1 is 1.00 bits per heavy atom. The summed E-state index contributed by atoms with van der Waals surface area (Å²) in [5.74, 6) is -3.03. The third kappa shape index (κ3) is 7.48. The van der Waals surface area contributed by atoms with Crippen LogP contribution in [0.2, 0.25) is 0 Å². The van der Waals surface area contributed by atoms with E-state index in [-0.39, 0.29) is 19.3 Å². The monoisotopic (exact) mass is 217 g/mol. The second-order valence-electron chi connectivity index (χ2n) is 3.32. The highest BCUT2D eigenvalue weighted by Gasteiger charge is 2.16. The lowest BCUT2D eigenvalue weighted by Crippen LogP contribution is -2.24. The number of amides is 1. The highest BCUT2D eigenvalue weighted by Crippen LogP contribution is 2.14. The third-order valence-corrected chi connectivity index (χ3v) is 2.05. The molecule has 0 bridgehead atoms. The molecule has 0 aliphatic heterocycles. The molecule has 0 saturated carbocycles. The molecule has 6 nitrogen and oxygen atoms in total. The van der Waals surface area contributed by atoms with E-state index >= 15 is 0 Å². The number of carboxylic acid groups (broad SMARTS) is 2. The molecule has 0 aliphatic carbocycles. The van der Waals surface area contributed by atoms with Crippen LogP contribution in [-0.2, 0) is 14.4 Å². The van der Waals surface area contributed by atoms with Crippen molar-refractivity contribution in [3.8, 4) is 0 Å². The van der Waals surface area contributed by atoms with Crippen molar-refractivity contribution in [1.29, 1.82) is 0 Å². The van der Waals surface area contributed by atoms with Gasteiger partial charge in [0.05, 0.1) is 0 Å². The van der Waals surface area contributed by atoms with Gasteiger partial charge in [0.25, 0.3) is 0 Å². The van der Waals surface area contributed by atoms with Crippen molar-refractivity contribution in [2.75, 3.05) is 0 Å². The molecule has 1 amide bonds. The summed E-state index contributed by atoms with van der Waals surface area (Å²) in [5.41, 5.74) is 5.06. The molecule has 0 unspecified atom stereocenters. The quantitative estimate of drug-likeness (QED) is 0.537. The van der Waals surface area contributed by atoms with Crippen molar-refractivity contribution < 1.29 is 24.6 Å². The minimum Gasteiger partial charge on any atom is -0.481 e. The van der Waals surface area contributed by atoms with Crippen molar-refractivity contribution in [3.63, 3.8) is 0 Å². The number of hydrogen-bond donors (Lipinski definition) is 3. The van der Waals surface area contributed by atoms with Crippen molar-refractivity contribution >= 4 is 17.8 Å². The van der Waals surface area contributed by atoms with Gasteiger partial charge >= 0.3 is 11.9 Å². The normalized spacial score (nSPS) is 12.0. The molecule has 0 heterocycles. The SMILES string of the molecule is NC(=O)[C@@H](CCCC(=O)O)CCC(=O)O. The van der Waals surface area contributed by atoms with Crippen LogP contribution in [0.25, 0.3) is 0 Å². The number of rotatable bonds is 8. The average molecular weight is 217 g/mol. The van der Waals surface area contributed by atoms with E-state index in [1.165, 1.54) is 0 Å². The molecule has 0 aromatic heterocycles. The number of primary amides is 1. The van der Waals surface area contributed by atoms with Gasteiger partial charge in [-0.2, -0.15) is 0 Å². The molecule has 0 saturated heterocycles. The summed E-state index contributed by atoms with van der Waals surface area (Å²) in [5, 5.41) is 16.8. The molecule has 0 aromatic carbocycles. The topological polar surface area (TPSA) is 118 Å². The minimum atomic E-state index is -0.987. The summed E-state index contributed by atoms with van der Waals surface area (Å²) in [6, 6.07) is 0. The lowest BCUT2D eigenvalue weighted by molar-refractivity contribution is -0.139. The number of carbonyl (C=O) groups excluding carboxylic acids is 1. The number of aliphatic carboxylic acids is 2. The van der Waals surface area contributed by atoms with Crippen LogP contribution in [0.5, 0.6) is 0 Å². The molecule has 1 atom stereocenters. The van der Waals surface area contributed by atoms with Gasteiger partial charge in [0, 0.05) is 18.8 Å². The molecular formula is C9H15NO5. The number of nitrogens with two attached hydrogens (primary N) is 1. The Hall–Kier alpha value is -1.59. The summed E-state index contributed by atoms with van der Waals surface area (Å²) in [6.07, 6.45) is 0.680. The molecule has 0 radical (unpaired) electrons. The maximum absolute atomic E-state index is 10.9. The summed E-state index contributed by atoms with van der Waals surface area (Å²) in [6.45, 7) is 0. The van der Waals surface area contributed by atoms with Gasteiger partial charge in [0.2, 0.25) is 5.91 Å². The maximum atomic E-state index is 10.9. The lowest BCUT2D eigenvalue weighted by Gasteiger charge is -2.10. The number of hydrogen-bond acceptors (Lipinski definition) is 3. The van der Waals surface area contributed by atoms with Crippen LogP contribution < -0.4 is 5.73 Å². The van der Waals surface area contributed by atoms with Crippen LogP contribution in [0.1, 0.15) is 32.1 Å². The van der Waals surface area contributed by atoms with E-state index in [9.17, 15) is 14.4 Å². The van der Waals surface area contributed by atoms with Gasteiger partial charge in [-0.3, -0.25) is 14.4 Å². The average Bonchev–Trinajstić information content (AvgIpc) is 2.09. The van der Waals surface area contributed by atoms with Gasteiger partial charge in [-0.05, 0) is 19.3 Å². The summed E-state index contributed by atoms with van der Waals surface area (Å²) >= 11 is 0. The Morgan fingerprint density at radius 3 is 1.93 bits per heavy atom. The Labute approximate surface area is 87.1 Å². The minimum absolute atomic E-state index is 0.0309. The Kier molecular flexibility index (Phi) is 6.08. The molecule has 4 N–H and O–H groups in total. The van der Waals surface area contributed by atoms with Crippen molar-refractivity contribution in [1.82, 2.24) is 0 Å². The first-order valence-corrected chi connectivity index (χ1v) is 4.66. The summed E-state index contributed by atoms with van der Waals surface area (Å²) in [4.78, 5) is 31.3. The second-order valence-corrected chi connectivity index (χ2v) is 3.32. The first-order valence-electron chi connectivity index (χ1n) is 4.66. The van der Waals surface area contributed by atoms with E-state index in [1.54, 1.807) is 0 Å². The smallest absolute Gasteiger partial charge is 0.303 e. The Bertz CT molecular complexity index is 251. The van der Waals surface area contributed by atoms with E-state index in [4.69, 9.17) is 15.9 Å². The van der Waals surface area contributed by atoms with Gasteiger partial charge in [0.1, 0.15) is 0 Å². The van der Waals surface area contributed by atoms with Crippen LogP contribution in [0.4, 0.5) is 0 Å². The van der Waals surface area contributed by atoms with Crippen LogP contribution in [0.15, 0.2) is 0 Å². The van der Waals surface area contributed by atoms with E-state index in [1.807, 2.05) is 0 Å². The summed E-state index contributed by atoms with van der Waals surface area (Å²) < 4.78 is 0. The predicted octanol–water partition coefficient (Wildman–Crippen LogP) is 0.208. The lowest BCUT2D eigenvalue weighted by atomic mass is 9.96. The first-order chi connectivity index (χ1) is 6.93. The zero-order valence-corrected chi connectivity index (χ0v) is 8.31. The van der Waals surface area contributed by atoms with E-state index < -0.39 is 23.8 Å². The van der Waals surface area contributed by atoms with E-state index in [2.05, 4.69) is 0 Å². The van der Waals surface area contributed by atoms with Gasteiger partial charge in [0.15, 0.2) is 0 Å². The van der Waals surface area contributed by atoms with Crippen LogP contribution in [-0.4, -0.2) is 28.1 Å². The highest BCUT2D eigenvalue weighted by molar-refractivity contribution is 5.77. The van der Waals surface area contributed by atoms with Crippen LogP contribution >= 0.6 is 0 Å². The van der Waals surface area contributed by atoms with E-state index in [0.717, 1.165) is 0 Å². The largest absolute Gasteiger partial charge is 0.481 e. The van der Waals surface area contributed by atoms with Gasteiger partial charge in [-0.25, -0.2) is 0 Å². The predicted molar refractivity (Wildman–Crippen MR) is 51.0 cm³/mol. The van der Waals surface area contributed by atoms with Crippen molar-refractivity contribution in [2.45, 2.75) is 32.1 Å². The molecule has 0 rings (SSSR count). The fourth-order valence-electron chi connectivity index (χ4n) is 1.23. The van der Waals surface area contributed by atoms with Gasteiger partial charge < -0.3 is 15.9 Å². The third-order valence-electron chi connectivity index (χ3n) is 2.05. The zero-order valence-electron chi connectivity index (χ0n) is 8.31. The standard InChI is InChI=1S/C9H15NO5/c10-9(15)6(4-5-8(13)14)2-1-3-7(11)12/h6H,1-5H2,(H2,10,15)(H,11,12)(H,13,14)/t6-/m0/s1.